The minimum absolute atomic E-state index is 0.636. The fourth-order valence-electron chi connectivity index (χ4n) is 4.67. The highest BCUT2D eigenvalue weighted by Crippen LogP contribution is 2.22. The lowest BCUT2D eigenvalue weighted by Gasteiger charge is -2.24. The second-order valence-electron chi connectivity index (χ2n) is 9.29. The third-order valence-electron chi connectivity index (χ3n) is 6.68. The molecule has 1 fully saturated rings. The molecule has 0 bridgehead atoms. The molecule has 37 heavy (non-hydrogen) atoms. The first-order chi connectivity index (χ1) is 17.9. The predicted octanol–water partition coefficient (Wildman–Crippen LogP) is 2.71. The van der Waals surface area contributed by atoms with Gasteiger partial charge in [0, 0.05) is 49.3 Å². The van der Waals surface area contributed by atoms with Crippen molar-refractivity contribution in [2.45, 2.75) is 32.0 Å². The van der Waals surface area contributed by atoms with E-state index in [1.54, 1.807) is 12.7 Å². The third kappa shape index (κ3) is 7.25. The van der Waals surface area contributed by atoms with Crippen LogP contribution in [0.1, 0.15) is 23.1 Å². The number of hydrogen-bond acceptors (Lipinski definition) is 6. The van der Waals surface area contributed by atoms with Crippen molar-refractivity contribution in [3.8, 4) is 0 Å². The van der Waals surface area contributed by atoms with Gasteiger partial charge in [0.15, 0.2) is 0 Å². The Balaban J connectivity index is 0.000000480. The van der Waals surface area contributed by atoms with E-state index in [1.807, 2.05) is 4.68 Å². The number of H-pyrrole nitrogens is 1. The topological polar surface area (TPSA) is 128 Å². The summed E-state index contributed by atoms with van der Waals surface area (Å²) in [6, 6.07) is 18.1. The molecule has 1 atom stereocenters. The van der Waals surface area contributed by atoms with E-state index in [0.717, 1.165) is 32.6 Å². The molecule has 1 aliphatic rings. The van der Waals surface area contributed by atoms with Crippen LogP contribution in [0.5, 0.6) is 0 Å². The van der Waals surface area contributed by atoms with Crippen LogP contribution in [-0.4, -0.2) is 84.4 Å². The average molecular weight is 505 g/mol. The summed E-state index contributed by atoms with van der Waals surface area (Å²) in [5.41, 5.74) is 5.25. The minimum atomic E-state index is -1.82. The minimum Gasteiger partial charge on any atom is -0.473 e. The number of likely N-dealkylation sites (N-methyl/N-ethyl adjacent to an activating group) is 1. The summed E-state index contributed by atoms with van der Waals surface area (Å²) >= 11 is 0. The SMILES string of the molecule is CN(CCc1c[nH]c2ccc(Cn3cncn3)cc12)[C@H]1CCN(Cc2ccccc2)C1.O=C(O)C(=O)O. The van der Waals surface area contributed by atoms with Crippen molar-refractivity contribution in [3.63, 3.8) is 0 Å². The van der Waals surface area contributed by atoms with Crippen molar-refractivity contribution in [3.05, 3.63) is 84.1 Å². The zero-order valence-electron chi connectivity index (χ0n) is 20.8. The molecular weight excluding hydrogens is 472 g/mol. The summed E-state index contributed by atoms with van der Waals surface area (Å²) in [5.74, 6) is -3.65. The molecule has 0 spiro atoms. The molecule has 2 aromatic heterocycles. The number of aliphatic carboxylic acids is 2. The lowest BCUT2D eigenvalue weighted by molar-refractivity contribution is -0.159. The molecule has 0 unspecified atom stereocenters. The van der Waals surface area contributed by atoms with Crippen molar-refractivity contribution >= 4 is 22.8 Å². The summed E-state index contributed by atoms with van der Waals surface area (Å²) in [7, 11) is 2.28. The summed E-state index contributed by atoms with van der Waals surface area (Å²) < 4.78 is 1.86. The average Bonchev–Trinajstić information content (AvgIpc) is 3.65. The van der Waals surface area contributed by atoms with Crippen molar-refractivity contribution in [1.29, 1.82) is 0 Å². The number of likely N-dealkylation sites (tertiary alicyclic amines) is 1. The fourth-order valence-corrected chi connectivity index (χ4v) is 4.67. The highest BCUT2D eigenvalue weighted by Gasteiger charge is 2.25. The van der Waals surface area contributed by atoms with Gasteiger partial charge in [0.25, 0.3) is 0 Å². The first kappa shape index (κ1) is 26.1. The Labute approximate surface area is 215 Å². The number of fused-ring (bicyclic) bond motifs is 1. The summed E-state index contributed by atoms with van der Waals surface area (Å²) in [5, 5.41) is 20.3. The van der Waals surface area contributed by atoms with E-state index in [9.17, 15) is 0 Å². The van der Waals surface area contributed by atoms with Crippen molar-refractivity contribution in [1.82, 2.24) is 29.5 Å². The molecule has 194 valence electrons. The van der Waals surface area contributed by atoms with Crippen molar-refractivity contribution in [2.24, 2.45) is 0 Å². The first-order valence-corrected chi connectivity index (χ1v) is 12.2. The molecule has 0 aliphatic carbocycles. The molecule has 1 aliphatic heterocycles. The molecule has 2 aromatic carbocycles. The summed E-state index contributed by atoms with van der Waals surface area (Å²) in [6.07, 6.45) is 7.83. The molecule has 3 heterocycles. The lowest BCUT2D eigenvalue weighted by atomic mass is 10.1. The molecule has 0 radical (unpaired) electrons. The quantitative estimate of drug-likeness (QED) is 0.313. The van der Waals surface area contributed by atoms with Gasteiger partial charge in [-0.3, -0.25) is 4.90 Å². The largest absolute Gasteiger partial charge is 0.473 e. The number of aromatic amines is 1. The van der Waals surface area contributed by atoms with Gasteiger partial charge in [0.1, 0.15) is 12.7 Å². The molecule has 4 aromatic rings. The van der Waals surface area contributed by atoms with E-state index in [1.165, 1.54) is 40.6 Å². The number of hydrogen-bond donors (Lipinski definition) is 3. The van der Waals surface area contributed by atoms with Crippen LogP contribution in [-0.2, 0) is 29.1 Å². The molecule has 1 saturated heterocycles. The van der Waals surface area contributed by atoms with Gasteiger partial charge in [-0.15, -0.1) is 0 Å². The van der Waals surface area contributed by atoms with E-state index in [-0.39, 0.29) is 0 Å². The Morgan fingerprint density at radius 1 is 1.08 bits per heavy atom. The Morgan fingerprint density at radius 2 is 1.86 bits per heavy atom. The van der Waals surface area contributed by atoms with Crippen molar-refractivity contribution in [2.75, 3.05) is 26.7 Å². The lowest BCUT2D eigenvalue weighted by Crippen LogP contribution is -2.35. The number of carboxylic acids is 2. The van der Waals surface area contributed by atoms with Gasteiger partial charge in [-0.1, -0.05) is 36.4 Å². The Morgan fingerprint density at radius 3 is 2.57 bits per heavy atom. The molecule has 10 nitrogen and oxygen atoms in total. The van der Waals surface area contributed by atoms with Crippen molar-refractivity contribution < 1.29 is 19.8 Å². The molecule has 0 amide bonds. The standard InChI is InChI=1S/C25H30N6.C2H2O4/c1-29(23-10-12-30(17-23)15-20-5-3-2-4-6-20)11-9-22-14-27-25-8-7-21(13-24(22)25)16-31-19-26-18-28-31;3-1(4)2(5)6/h2-8,13-14,18-19,23,27H,9-12,15-17H2,1H3;(H,3,4)(H,5,6)/t23-;/m0./s1. The van der Waals surface area contributed by atoms with E-state index < -0.39 is 11.9 Å². The number of benzene rings is 2. The van der Waals surface area contributed by atoms with Gasteiger partial charge in [-0.25, -0.2) is 19.3 Å². The van der Waals surface area contributed by atoms with Gasteiger partial charge in [0.2, 0.25) is 0 Å². The van der Waals surface area contributed by atoms with E-state index >= 15 is 0 Å². The van der Waals surface area contributed by atoms with Crippen LogP contribution in [0.2, 0.25) is 0 Å². The smallest absolute Gasteiger partial charge is 0.414 e. The van der Waals surface area contributed by atoms with Crippen LogP contribution in [0, 0.1) is 0 Å². The Hall–Kier alpha value is -4.02. The molecule has 5 rings (SSSR count). The fraction of sp³-hybridized carbons (Fsp3) is 0.333. The van der Waals surface area contributed by atoms with E-state index in [4.69, 9.17) is 19.8 Å². The highest BCUT2D eigenvalue weighted by molar-refractivity contribution is 6.27. The molecule has 0 saturated carbocycles. The van der Waals surface area contributed by atoms with Crippen LogP contribution in [0.3, 0.4) is 0 Å². The Kier molecular flexibility index (Phi) is 8.65. The zero-order valence-corrected chi connectivity index (χ0v) is 20.8. The van der Waals surface area contributed by atoms with Gasteiger partial charge in [-0.2, -0.15) is 5.10 Å². The number of carbonyl (C=O) groups is 2. The number of carboxylic acid groups (broad SMARTS) is 2. The predicted molar refractivity (Wildman–Crippen MR) is 139 cm³/mol. The Bertz CT molecular complexity index is 1290. The summed E-state index contributed by atoms with van der Waals surface area (Å²) in [6.45, 7) is 5.22. The van der Waals surface area contributed by atoms with Crippen LogP contribution in [0.4, 0.5) is 0 Å². The monoisotopic (exact) mass is 504 g/mol. The van der Waals surface area contributed by atoms with Crippen LogP contribution < -0.4 is 0 Å². The van der Waals surface area contributed by atoms with Gasteiger partial charge in [-0.05, 0) is 48.7 Å². The maximum atomic E-state index is 9.10. The number of nitrogens with one attached hydrogen (secondary N) is 1. The van der Waals surface area contributed by atoms with Crippen LogP contribution >= 0.6 is 0 Å². The van der Waals surface area contributed by atoms with Crippen LogP contribution in [0.25, 0.3) is 10.9 Å². The highest BCUT2D eigenvalue weighted by atomic mass is 16.4. The zero-order chi connectivity index (χ0) is 26.2. The molecular formula is C27H32N6O4. The second kappa shape index (κ2) is 12.3. The second-order valence-corrected chi connectivity index (χ2v) is 9.29. The van der Waals surface area contributed by atoms with Crippen LogP contribution in [0.15, 0.2) is 67.4 Å². The van der Waals surface area contributed by atoms with Gasteiger partial charge in [0.05, 0.1) is 6.54 Å². The van der Waals surface area contributed by atoms with Gasteiger partial charge >= 0.3 is 11.9 Å². The maximum absolute atomic E-state index is 9.10. The maximum Gasteiger partial charge on any atom is 0.414 e. The number of nitrogens with zero attached hydrogens (tertiary/aromatic N) is 5. The molecule has 3 N–H and O–H groups in total. The molecule has 10 heteroatoms. The van der Waals surface area contributed by atoms with Gasteiger partial charge < -0.3 is 20.1 Å². The number of rotatable bonds is 8. The first-order valence-electron chi connectivity index (χ1n) is 12.2. The van der Waals surface area contributed by atoms with E-state index in [0.29, 0.717) is 6.04 Å². The van der Waals surface area contributed by atoms with E-state index in [2.05, 4.69) is 86.6 Å². The normalized spacial score (nSPS) is 15.6. The third-order valence-corrected chi connectivity index (χ3v) is 6.68. The summed E-state index contributed by atoms with van der Waals surface area (Å²) in [4.78, 5) is 30.8. The number of aromatic nitrogens is 4.